The van der Waals surface area contributed by atoms with Crippen LogP contribution in [0.25, 0.3) is 16.7 Å². The molecule has 0 saturated heterocycles. The minimum Gasteiger partial charge on any atom is -0.506 e. The number of aryl methyl sites for hydroxylation is 1. The molecule has 0 aliphatic heterocycles. The van der Waals surface area contributed by atoms with Crippen molar-refractivity contribution in [3.05, 3.63) is 54.1 Å². The molecule has 0 fully saturated rings. The molecule has 0 radical (unpaired) electrons. The maximum absolute atomic E-state index is 11.6. The molecule has 0 aliphatic rings. The Morgan fingerprint density at radius 2 is 1.91 bits per heavy atom. The van der Waals surface area contributed by atoms with Crippen LogP contribution in [0, 0.1) is 6.92 Å². The molecule has 3 rings (SSSR count). The predicted molar refractivity (Wildman–Crippen MR) is 85.7 cm³/mol. The first-order chi connectivity index (χ1) is 10.9. The highest BCUT2D eigenvalue weighted by molar-refractivity contribution is 5.89. The number of carbonyl (C=O) groups is 1. The third kappa shape index (κ3) is 2.91. The van der Waals surface area contributed by atoms with E-state index in [4.69, 9.17) is 4.74 Å². The first-order valence-corrected chi connectivity index (χ1v) is 6.99. The summed E-state index contributed by atoms with van der Waals surface area (Å²) < 4.78 is 5.18. The second kappa shape index (κ2) is 5.57. The van der Waals surface area contributed by atoms with Crippen LogP contribution in [0.2, 0.25) is 0 Å². The fourth-order valence-corrected chi connectivity index (χ4v) is 2.05. The van der Waals surface area contributed by atoms with Gasteiger partial charge in [0.05, 0.1) is 0 Å². The van der Waals surface area contributed by atoms with Crippen molar-refractivity contribution in [2.45, 2.75) is 13.8 Å². The molecule has 0 aliphatic carbocycles. The quantitative estimate of drug-likeness (QED) is 0.457. The zero-order valence-corrected chi connectivity index (χ0v) is 12.8. The Morgan fingerprint density at radius 1 is 1.17 bits per heavy atom. The predicted octanol–water partition coefficient (Wildman–Crippen LogP) is 2.92. The van der Waals surface area contributed by atoms with Gasteiger partial charge in [0.2, 0.25) is 0 Å². The molecule has 1 aromatic heterocycles. The SMILES string of the molecule is C=C(C)C(=O)Oc1ccc2nn(-c3cc(C)ccc3O)nc2c1. The van der Waals surface area contributed by atoms with E-state index >= 15 is 0 Å². The van der Waals surface area contributed by atoms with E-state index in [-0.39, 0.29) is 5.75 Å². The normalized spacial score (nSPS) is 10.7. The zero-order chi connectivity index (χ0) is 16.6. The fraction of sp³-hybridized carbons (Fsp3) is 0.118. The number of benzene rings is 2. The average molecular weight is 309 g/mol. The first kappa shape index (κ1) is 14.8. The molecule has 1 N–H and O–H groups in total. The molecule has 0 saturated carbocycles. The molecule has 23 heavy (non-hydrogen) atoms. The summed E-state index contributed by atoms with van der Waals surface area (Å²) in [5.74, 6) is -0.0380. The third-order valence-corrected chi connectivity index (χ3v) is 3.26. The van der Waals surface area contributed by atoms with Crippen molar-refractivity contribution < 1.29 is 14.6 Å². The van der Waals surface area contributed by atoms with Crippen LogP contribution in [-0.4, -0.2) is 26.1 Å². The molecule has 116 valence electrons. The average Bonchev–Trinajstić information content (AvgIpc) is 2.92. The van der Waals surface area contributed by atoms with Gasteiger partial charge in [-0.2, -0.15) is 0 Å². The number of hydrogen-bond acceptors (Lipinski definition) is 5. The zero-order valence-electron chi connectivity index (χ0n) is 12.8. The monoisotopic (exact) mass is 309 g/mol. The number of aromatic hydroxyl groups is 1. The summed E-state index contributed by atoms with van der Waals surface area (Å²) >= 11 is 0. The van der Waals surface area contributed by atoms with Gasteiger partial charge in [0, 0.05) is 11.6 Å². The minimum absolute atomic E-state index is 0.0878. The Balaban J connectivity index is 2.01. The van der Waals surface area contributed by atoms with E-state index in [0.29, 0.717) is 28.0 Å². The van der Waals surface area contributed by atoms with Gasteiger partial charge in [-0.3, -0.25) is 0 Å². The van der Waals surface area contributed by atoms with Gasteiger partial charge in [-0.25, -0.2) is 4.79 Å². The Morgan fingerprint density at radius 3 is 2.65 bits per heavy atom. The molecule has 0 amide bonds. The lowest BCUT2D eigenvalue weighted by molar-refractivity contribution is -0.130. The van der Waals surface area contributed by atoms with E-state index < -0.39 is 5.97 Å². The highest BCUT2D eigenvalue weighted by Crippen LogP contribution is 2.24. The van der Waals surface area contributed by atoms with E-state index in [1.54, 1.807) is 43.3 Å². The summed E-state index contributed by atoms with van der Waals surface area (Å²) in [7, 11) is 0. The maximum Gasteiger partial charge on any atom is 0.338 e. The number of esters is 1. The van der Waals surface area contributed by atoms with Gasteiger partial charge in [0.25, 0.3) is 0 Å². The van der Waals surface area contributed by atoms with Gasteiger partial charge < -0.3 is 9.84 Å². The highest BCUT2D eigenvalue weighted by atomic mass is 16.5. The molecule has 0 bridgehead atoms. The maximum atomic E-state index is 11.6. The summed E-state index contributed by atoms with van der Waals surface area (Å²) in [6, 6.07) is 10.1. The number of rotatable bonds is 3. The number of carbonyl (C=O) groups excluding carboxylic acids is 1. The van der Waals surface area contributed by atoms with Gasteiger partial charge in [-0.1, -0.05) is 12.6 Å². The van der Waals surface area contributed by atoms with Crippen molar-refractivity contribution in [3.8, 4) is 17.2 Å². The Hall–Kier alpha value is -3.15. The van der Waals surface area contributed by atoms with E-state index in [2.05, 4.69) is 16.8 Å². The van der Waals surface area contributed by atoms with E-state index in [1.165, 1.54) is 4.80 Å². The summed E-state index contributed by atoms with van der Waals surface area (Å²) in [5.41, 5.74) is 2.97. The number of hydrogen-bond donors (Lipinski definition) is 1. The Labute approximate surface area is 132 Å². The number of aromatic nitrogens is 3. The van der Waals surface area contributed by atoms with Crippen molar-refractivity contribution in [2.75, 3.05) is 0 Å². The van der Waals surface area contributed by atoms with Gasteiger partial charge in [-0.05, 0) is 43.7 Å². The molecule has 6 nitrogen and oxygen atoms in total. The summed E-state index contributed by atoms with van der Waals surface area (Å²) in [6.45, 7) is 7.04. The molecule has 1 heterocycles. The van der Waals surface area contributed by atoms with Gasteiger partial charge in [0.15, 0.2) is 0 Å². The number of ether oxygens (including phenoxy) is 1. The van der Waals surface area contributed by atoms with Crippen LogP contribution < -0.4 is 4.74 Å². The number of phenolic OH excluding ortho intramolecular Hbond substituents is 1. The van der Waals surface area contributed by atoms with Gasteiger partial charge in [0.1, 0.15) is 28.2 Å². The topological polar surface area (TPSA) is 77.2 Å². The standard InChI is InChI=1S/C17H15N3O3/c1-10(2)17(22)23-12-5-6-13-14(9-12)19-20(18-13)15-8-11(3)4-7-16(15)21/h4-9,21H,1H2,2-3H3. The molecule has 0 atom stereocenters. The van der Waals surface area contributed by atoms with Crippen molar-refractivity contribution >= 4 is 17.0 Å². The van der Waals surface area contributed by atoms with Crippen molar-refractivity contribution in [1.29, 1.82) is 0 Å². The Bertz CT molecular complexity index is 928. The summed E-state index contributed by atoms with van der Waals surface area (Å²) in [4.78, 5) is 12.9. The fourth-order valence-electron chi connectivity index (χ4n) is 2.05. The molecule has 0 spiro atoms. The molecule has 2 aromatic carbocycles. The van der Waals surface area contributed by atoms with E-state index in [9.17, 15) is 9.90 Å². The largest absolute Gasteiger partial charge is 0.506 e. The van der Waals surface area contributed by atoms with Crippen LogP contribution in [0.15, 0.2) is 48.6 Å². The first-order valence-electron chi connectivity index (χ1n) is 6.99. The van der Waals surface area contributed by atoms with E-state index in [1.807, 2.05) is 6.92 Å². The van der Waals surface area contributed by atoms with Crippen LogP contribution in [0.5, 0.6) is 11.5 Å². The molecular formula is C17H15N3O3. The highest BCUT2D eigenvalue weighted by Gasteiger charge is 2.11. The second-order valence-corrected chi connectivity index (χ2v) is 5.30. The lowest BCUT2D eigenvalue weighted by Crippen LogP contribution is -2.07. The van der Waals surface area contributed by atoms with Crippen molar-refractivity contribution in [2.24, 2.45) is 0 Å². The van der Waals surface area contributed by atoms with Gasteiger partial charge >= 0.3 is 5.97 Å². The molecular weight excluding hydrogens is 294 g/mol. The smallest absolute Gasteiger partial charge is 0.338 e. The summed E-state index contributed by atoms with van der Waals surface area (Å²) in [6.07, 6.45) is 0. The van der Waals surface area contributed by atoms with Crippen molar-refractivity contribution in [3.63, 3.8) is 0 Å². The van der Waals surface area contributed by atoms with Crippen molar-refractivity contribution in [1.82, 2.24) is 15.0 Å². The van der Waals surface area contributed by atoms with E-state index in [0.717, 1.165) is 5.56 Å². The number of phenols is 1. The second-order valence-electron chi connectivity index (χ2n) is 5.30. The molecule has 0 unspecified atom stereocenters. The number of fused-ring (bicyclic) bond motifs is 1. The third-order valence-electron chi connectivity index (χ3n) is 3.26. The minimum atomic E-state index is -0.493. The number of nitrogens with zero attached hydrogens (tertiary/aromatic N) is 3. The van der Waals surface area contributed by atoms with Crippen LogP contribution >= 0.6 is 0 Å². The lowest BCUT2D eigenvalue weighted by atomic mass is 10.2. The summed E-state index contributed by atoms with van der Waals surface area (Å²) in [5, 5.41) is 18.6. The van der Waals surface area contributed by atoms with Crippen LogP contribution in [0.4, 0.5) is 0 Å². The Kier molecular flexibility index (Phi) is 3.57. The molecule has 3 aromatic rings. The van der Waals surface area contributed by atoms with Crippen LogP contribution in [0.1, 0.15) is 12.5 Å². The lowest BCUT2D eigenvalue weighted by Gasteiger charge is -2.03. The van der Waals surface area contributed by atoms with Gasteiger partial charge in [-0.15, -0.1) is 15.0 Å². The van der Waals surface area contributed by atoms with Crippen LogP contribution in [-0.2, 0) is 4.79 Å². The molecule has 6 heteroatoms. The van der Waals surface area contributed by atoms with Crippen LogP contribution in [0.3, 0.4) is 0 Å².